The topological polar surface area (TPSA) is 50.3 Å². The largest absolute Gasteiger partial charge is 0.335 e. The summed E-state index contributed by atoms with van der Waals surface area (Å²) in [5, 5.41) is 0. The van der Waals surface area contributed by atoms with E-state index >= 15 is 0 Å². The molecule has 0 bridgehead atoms. The molecule has 4 heteroatoms. The van der Waals surface area contributed by atoms with Gasteiger partial charge in [0.2, 0.25) is 5.91 Å². The first-order chi connectivity index (χ1) is 9.75. The highest BCUT2D eigenvalue weighted by molar-refractivity contribution is 5.85. The number of ketones is 1. The fourth-order valence-corrected chi connectivity index (χ4v) is 3.37. The van der Waals surface area contributed by atoms with E-state index in [-0.39, 0.29) is 17.9 Å². The molecule has 2 heterocycles. The summed E-state index contributed by atoms with van der Waals surface area (Å²) in [4.78, 5) is 30.2. The zero-order valence-electron chi connectivity index (χ0n) is 11.6. The first kappa shape index (κ1) is 13.3. The first-order valence-electron chi connectivity index (χ1n) is 7.48. The minimum atomic E-state index is 0.0463. The van der Waals surface area contributed by atoms with E-state index in [0.29, 0.717) is 18.6 Å². The molecular weight excluding hydrogens is 252 g/mol. The predicted molar refractivity (Wildman–Crippen MR) is 74.9 cm³/mol. The van der Waals surface area contributed by atoms with Crippen LogP contribution in [-0.2, 0) is 9.59 Å². The average molecular weight is 272 g/mol. The van der Waals surface area contributed by atoms with Gasteiger partial charge in [-0.25, -0.2) is 0 Å². The molecule has 1 aromatic heterocycles. The Morgan fingerprint density at radius 2 is 2.05 bits per heavy atom. The van der Waals surface area contributed by atoms with Crippen LogP contribution in [0.3, 0.4) is 0 Å². The number of Topliss-reactive ketones (excluding diaryl/α,β-unsaturated/α-hetero) is 1. The molecule has 0 radical (unpaired) electrons. The summed E-state index contributed by atoms with van der Waals surface area (Å²) in [6.07, 6.45) is 8.30. The SMILES string of the molecule is O=C1CCC(C(=O)N2CCCC2c2cccnc2)CC1. The Hall–Kier alpha value is -1.71. The average Bonchev–Trinajstić information content (AvgIpc) is 2.97. The third-order valence-corrected chi connectivity index (χ3v) is 4.50. The summed E-state index contributed by atoms with van der Waals surface area (Å²) in [6.45, 7) is 0.836. The van der Waals surface area contributed by atoms with Crippen LogP contribution in [0.2, 0.25) is 0 Å². The Morgan fingerprint density at radius 3 is 2.75 bits per heavy atom. The highest BCUT2D eigenvalue weighted by Crippen LogP contribution is 2.34. The molecule has 1 aliphatic carbocycles. The number of nitrogens with zero attached hydrogens (tertiary/aromatic N) is 2. The lowest BCUT2D eigenvalue weighted by Gasteiger charge is -2.30. The molecule has 2 fully saturated rings. The highest BCUT2D eigenvalue weighted by atomic mass is 16.2. The summed E-state index contributed by atoms with van der Waals surface area (Å²) in [5.74, 6) is 0.591. The number of carbonyl (C=O) groups is 2. The summed E-state index contributed by atoms with van der Waals surface area (Å²) < 4.78 is 0. The summed E-state index contributed by atoms with van der Waals surface area (Å²) in [7, 11) is 0. The molecule has 1 saturated carbocycles. The van der Waals surface area contributed by atoms with E-state index in [0.717, 1.165) is 37.8 Å². The molecular formula is C16H20N2O2. The van der Waals surface area contributed by atoms with Crippen LogP contribution in [0.15, 0.2) is 24.5 Å². The number of likely N-dealkylation sites (tertiary alicyclic amines) is 1. The van der Waals surface area contributed by atoms with E-state index in [1.807, 2.05) is 23.2 Å². The van der Waals surface area contributed by atoms with Gasteiger partial charge in [0.05, 0.1) is 6.04 Å². The third kappa shape index (κ3) is 2.60. The van der Waals surface area contributed by atoms with Crippen molar-refractivity contribution in [3.63, 3.8) is 0 Å². The zero-order valence-corrected chi connectivity index (χ0v) is 11.6. The Kier molecular flexibility index (Phi) is 3.81. The number of amides is 1. The van der Waals surface area contributed by atoms with Gasteiger partial charge in [-0.05, 0) is 37.3 Å². The Balaban J connectivity index is 1.72. The maximum Gasteiger partial charge on any atom is 0.226 e. The van der Waals surface area contributed by atoms with Crippen LogP contribution in [0.5, 0.6) is 0 Å². The van der Waals surface area contributed by atoms with E-state index in [1.54, 1.807) is 6.20 Å². The van der Waals surface area contributed by atoms with Crippen LogP contribution >= 0.6 is 0 Å². The van der Waals surface area contributed by atoms with Crippen molar-refractivity contribution in [2.24, 2.45) is 5.92 Å². The zero-order chi connectivity index (χ0) is 13.9. The molecule has 2 aliphatic rings. The predicted octanol–water partition coefficient (Wildman–Crippen LogP) is 2.50. The van der Waals surface area contributed by atoms with Crippen molar-refractivity contribution in [2.75, 3.05) is 6.54 Å². The maximum atomic E-state index is 12.7. The number of carbonyl (C=O) groups excluding carboxylic acids is 2. The van der Waals surface area contributed by atoms with Gasteiger partial charge in [-0.15, -0.1) is 0 Å². The molecule has 0 spiro atoms. The number of rotatable bonds is 2. The lowest BCUT2D eigenvalue weighted by atomic mass is 9.87. The number of hydrogen-bond donors (Lipinski definition) is 0. The van der Waals surface area contributed by atoms with Gasteiger partial charge in [0.1, 0.15) is 5.78 Å². The van der Waals surface area contributed by atoms with E-state index in [1.165, 1.54) is 0 Å². The van der Waals surface area contributed by atoms with E-state index in [9.17, 15) is 9.59 Å². The first-order valence-corrected chi connectivity index (χ1v) is 7.48. The van der Waals surface area contributed by atoms with Gasteiger partial charge in [-0.3, -0.25) is 14.6 Å². The molecule has 106 valence electrons. The lowest BCUT2D eigenvalue weighted by molar-refractivity contribution is -0.138. The van der Waals surface area contributed by atoms with Gasteiger partial charge in [0.25, 0.3) is 0 Å². The molecule has 1 amide bonds. The van der Waals surface area contributed by atoms with Gasteiger partial charge in [0, 0.05) is 37.7 Å². The number of hydrogen-bond acceptors (Lipinski definition) is 3. The van der Waals surface area contributed by atoms with Crippen molar-refractivity contribution < 1.29 is 9.59 Å². The molecule has 1 aliphatic heterocycles. The Bertz CT molecular complexity index is 490. The lowest BCUT2D eigenvalue weighted by Crippen LogP contribution is -2.37. The van der Waals surface area contributed by atoms with Crippen molar-refractivity contribution in [3.05, 3.63) is 30.1 Å². The standard InChI is InChI=1S/C16H20N2O2/c19-14-7-5-12(6-8-14)16(20)18-10-2-4-15(18)13-3-1-9-17-11-13/h1,3,9,11-12,15H,2,4-8,10H2. The fourth-order valence-electron chi connectivity index (χ4n) is 3.37. The molecule has 1 saturated heterocycles. The Morgan fingerprint density at radius 1 is 1.25 bits per heavy atom. The third-order valence-electron chi connectivity index (χ3n) is 4.50. The van der Waals surface area contributed by atoms with Crippen LogP contribution in [0.1, 0.15) is 50.1 Å². The maximum absolute atomic E-state index is 12.7. The van der Waals surface area contributed by atoms with Crippen molar-refractivity contribution in [3.8, 4) is 0 Å². The van der Waals surface area contributed by atoms with Crippen LogP contribution < -0.4 is 0 Å². The number of pyridine rings is 1. The Labute approximate surface area is 119 Å². The number of aromatic nitrogens is 1. The van der Waals surface area contributed by atoms with E-state index in [2.05, 4.69) is 4.98 Å². The van der Waals surface area contributed by atoms with Crippen LogP contribution in [0, 0.1) is 5.92 Å². The van der Waals surface area contributed by atoms with Gasteiger partial charge in [-0.1, -0.05) is 6.07 Å². The molecule has 3 rings (SSSR count). The summed E-state index contributed by atoms with van der Waals surface area (Å²) >= 11 is 0. The van der Waals surface area contributed by atoms with Crippen molar-refractivity contribution in [2.45, 2.75) is 44.6 Å². The smallest absolute Gasteiger partial charge is 0.226 e. The van der Waals surface area contributed by atoms with Gasteiger partial charge in [0.15, 0.2) is 0 Å². The van der Waals surface area contributed by atoms with Crippen molar-refractivity contribution >= 4 is 11.7 Å². The van der Waals surface area contributed by atoms with Gasteiger partial charge >= 0.3 is 0 Å². The second kappa shape index (κ2) is 5.73. The molecule has 0 aromatic carbocycles. The minimum Gasteiger partial charge on any atom is -0.335 e. The molecule has 4 nitrogen and oxygen atoms in total. The monoisotopic (exact) mass is 272 g/mol. The molecule has 1 atom stereocenters. The minimum absolute atomic E-state index is 0.0463. The van der Waals surface area contributed by atoms with Gasteiger partial charge in [-0.2, -0.15) is 0 Å². The van der Waals surface area contributed by atoms with Crippen LogP contribution in [0.4, 0.5) is 0 Å². The van der Waals surface area contributed by atoms with Crippen molar-refractivity contribution in [1.82, 2.24) is 9.88 Å². The van der Waals surface area contributed by atoms with Crippen LogP contribution in [-0.4, -0.2) is 28.1 Å². The summed E-state index contributed by atoms with van der Waals surface area (Å²) in [5.41, 5.74) is 1.13. The molecule has 1 unspecified atom stereocenters. The second-order valence-corrected chi connectivity index (χ2v) is 5.79. The molecule has 20 heavy (non-hydrogen) atoms. The fraction of sp³-hybridized carbons (Fsp3) is 0.562. The molecule has 0 N–H and O–H groups in total. The highest BCUT2D eigenvalue weighted by Gasteiger charge is 2.35. The van der Waals surface area contributed by atoms with E-state index in [4.69, 9.17) is 0 Å². The summed E-state index contributed by atoms with van der Waals surface area (Å²) in [6, 6.07) is 4.15. The van der Waals surface area contributed by atoms with Gasteiger partial charge < -0.3 is 4.90 Å². The van der Waals surface area contributed by atoms with Crippen LogP contribution in [0.25, 0.3) is 0 Å². The van der Waals surface area contributed by atoms with E-state index < -0.39 is 0 Å². The molecule has 1 aromatic rings. The van der Waals surface area contributed by atoms with Crippen molar-refractivity contribution in [1.29, 1.82) is 0 Å². The second-order valence-electron chi connectivity index (χ2n) is 5.79. The normalized spacial score (nSPS) is 24.1. The quantitative estimate of drug-likeness (QED) is 0.831.